The lowest BCUT2D eigenvalue weighted by molar-refractivity contribution is 0.0648. The number of hydrogen-bond donors (Lipinski definition) is 1. The molecule has 3 aromatic rings. The number of aryl methyl sites for hydroxylation is 2. The van der Waals surface area contributed by atoms with Crippen LogP contribution in [0.2, 0.25) is 0 Å². The van der Waals surface area contributed by atoms with Gasteiger partial charge in [0.2, 0.25) is 0 Å². The van der Waals surface area contributed by atoms with Crippen LogP contribution in [0.15, 0.2) is 45.8 Å². The van der Waals surface area contributed by atoms with Crippen molar-refractivity contribution in [3.8, 4) is 0 Å². The van der Waals surface area contributed by atoms with Gasteiger partial charge in [-0.05, 0) is 49.1 Å². The molecule has 0 atom stereocenters. The standard InChI is InChI=1S/C20H22N2O4/c1-13-9-14(2)18-15(10-13)11-16(19(23)21-18)12-22(6-8-25-3)20(24)17-5-4-7-26-17/h4-5,7,9-11H,6,8,12H2,1-3H3,(H,21,23). The van der Waals surface area contributed by atoms with Crippen LogP contribution in [0.25, 0.3) is 10.9 Å². The summed E-state index contributed by atoms with van der Waals surface area (Å²) in [5, 5.41) is 0.953. The second kappa shape index (κ2) is 7.58. The number of furan rings is 1. The topological polar surface area (TPSA) is 75.5 Å². The van der Waals surface area contributed by atoms with Gasteiger partial charge in [0.25, 0.3) is 11.5 Å². The number of fused-ring (bicyclic) bond motifs is 1. The van der Waals surface area contributed by atoms with Crippen LogP contribution in [0, 0.1) is 13.8 Å². The zero-order valence-corrected chi connectivity index (χ0v) is 15.2. The van der Waals surface area contributed by atoms with Gasteiger partial charge < -0.3 is 19.0 Å². The largest absolute Gasteiger partial charge is 0.459 e. The molecule has 3 rings (SSSR count). The molecule has 0 aliphatic rings. The molecule has 0 saturated heterocycles. The molecule has 2 aromatic heterocycles. The molecule has 2 heterocycles. The van der Waals surface area contributed by atoms with E-state index in [-0.39, 0.29) is 23.8 Å². The molecule has 0 saturated carbocycles. The van der Waals surface area contributed by atoms with Crippen LogP contribution >= 0.6 is 0 Å². The van der Waals surface area contributed by atoms with Gasteiger partial charge in [0, 0.05) is 19.2 Å². The number of aromatic nitrogens is 1. The number of benzene rings is 1. The molecule has 0 bridgehead atoms. The average molecular weight is 354 g/mol. The number of aromatic amines is 1. The van der Waals surface area contributed by atoms with Crippen molar-refractivity contribution in [1.29, 1.82) is 0 Å². The number of hydrogen-bond acceptors (Lipinski definition) is 4. The number of carbonyl (C=O) groups is 1. The predicted octanol–water partition coefficient (Wildman–Crippen LogP) is 3.03. The minimum atomic E-state index is -0.271. The summed E-state index contributed by atoms with van der Waals surface area (Å²) in [6, 6.07) is 9.18. The maximum atomic E-state index is 12.7. The Bertz CT molecular complexity index is 973. The van der Waals surface area contributed by atoms with Crippen LogP contribution in [-0.2, 0) is 11.3 Å². The smallest absolute Gasteiger partial charge is 0.289 e. The Labute approximate surface area is 151 Å². The fraction of sp³-hybridized carbons (Fsp3) is 0.300. The van der Waals surface area contributed by atoms with Gasteiger partial charge in [0.1, 0.15) is 0 Å². The first kappa shape index (κ1) is 17.9. The average Bonchev–Trinajstić information content (AvgIpc) is 3.13. The van der Waals surface area contributed by atoms with Crippen molar-refractivity contribution >= 4 is 16.8 Å². The van der Waals surface area contributed by atoms with Crippen molar-refractivity contribution in [2.75, 3.05) is 20.3 Å². The van der Waals surface area contributed by atoms with Crippen molar-refractivity contribution in [2.24, 2.45) is 0 Å². The first-order valence-corrected chi connectivity index (χ1v) is 8.44. The summed E-state index contributed by atoms with van der Waals surface area (Å²) in [6.07, 6.45) is 1.45. The lowest BCUT2D eigenvalue weighted by Crippen LogP contribution is -2.35. The molecule has 0 aliphatic carbocycles. The van der Waals surface area contributed by atoms with E-state index in [4.69, 9.17) is 9.15 Å². The van der Waals surface area contributed by atoms with Gasteiger partial charge in [-0.25, -0.2) is 0 Å². The minimum absolute atomic E-state index is 0.182. The summed E-state index contributed by atoms with van der Waals surface area (Å²) in [6.45, 7) is 4.90. The number of nitrogens with zero attached hydrogens (tertiary/aromatic N) is 1. The second-order valence-corrected chi connectivity index (χ2v) is 6.37. The zero-order chi connectivity index (χ0) is 18.7. The molecule has 6 nitrogen and oxygen atoms in total. The monoisotopic (exact) mass is 354 g/mol. The van der Waals surface area contributed by atoms with Gasteiger partial charge in [-0.2, -0.15) is 0 Å². The van der Waals surface area contributed by atoms with Gasteiger partial charge in [0.15, 0.2) is 5.76 Å². The van der Waals surface area contributed by atoms with Crippen LogP contribution in [-0.4, -0.2) is 36.1 Å². The third-order valence-electron chi connectivity index (χ3n) is 4.32. The summed E-state index contributed by atoms with van der Waals surface area (Å²) in [7, 11) is 1.57. The van der Waals surface area contributed by atoms with Crippen molar-refractivity contribution in [3.05, 3.63) is 69.4 Å². The number of pyridine rings is 1. The highest BCUT2D eigenvalue weighted by atomic mass is 16.5. The Morgan fingerprint density at radius 3 is 2.77 bits per heavy atom. The third kappa shape index (κ3) is 3.70. The van der Waals surface area contributed by atoms with Gasteiger partial charge in [-0.1, -0.05) is 11.6 Å². The van der Waals surface area contributed by atoms with E-state index in [1.807, 2.05) is 32.0 Å². The fourth-order valence-electron chi connectivity index (χ4n) is 3.07. The minimum Gasteiger partial charge on any atom is -0.459 e. The van der Waals surface area contributed by atoms with E-state index >= 15 is 0 Å². The molecule has 0 aliphatic heterocycles. The number of nitrogens with one attached hydrogen (secondary N) is 1. The van der Waals surface area contributed by atoms with E-state index in [1.54, 1.807) is 24.1 Å². The number of amides is 1. The molecule has 0 fully saturated rings. The molecule has 1 amide bonds. The van der Waals surface area contributed by atoms with Gasteiger partial charge >= 0.3 is 0 Å². The van der Waals surface area contributed by atoms with Crippen LogP contribution < -0.4 is 5.56 Å². The lowest BCUT2D eigenvalue weighted by atomic mass is 10.1. The third-order valence-corrected chi connectivity index (χ3v) is 4.32. The zero-order valence-electron chi connectivity index (χ0n) is 15.2. The normalized spacial score (nSPS) is 11.0. The fourth-order valence-corrected chi connectivity index (χ4v) is 3.07. The Balaban J connectivity index is 1.96. The molecule has 26 heavy (non-hydrogen) atoms. The molecular weight excluding hydrogens is 332 g/mol. The van der Waals surface area contributed by atoms with E-state index in [1.165, 1.54) is 6.26 Å². The van der Waals surface area contributed by atoms with Crippen molar-refractivity contribution in [1.82, 2.24) is 9.88 Å². The van der Waals surface area contributed by atoms with Crippen molar-refractivity contribution in [2.45, 2.75) is 20.4 Å². The van der Waals surface area contributed by atoms with E-state index in [9.17, 15) is 9.59 Å². The Hall–Kier alpha value is -2.86. The SMILES string of the molecule is COCCN(Cc1cc2cc(C)cc(C)c2[nH]c1=O)C(=O)c1ccco1. The molecule has 0 spiro atoms. The number of ether oxygens (including phenoxy) is 1. The molecule has 6 heteroatoms. The van der Waals surface area contributed by atoms with E-state index in [0.717, 1.165) is 22.0 Å². The lowest BCUT2D eigenvalue weighted by Gasteiger charge is -2.21. The second-order valence-electron chi connectivity index (χ2n) is 6.37. The Morgan fingerprint density at radius 1 is 1.27 bits per heavy atom. The van der Waals surface area contributed by atoms with Crippen molar-refractivity contribution in [3.63, 3.8) is 0 Å². The molecule has 0 radical (unpaired) electrons. The highest BCUT2D eigenvalue weighted by molar-refractivity contribution is 5.91. The highest BCUT2D eigenvalue weighted by Gasteiger charge is 2.20. The maximum Gasteiger partial charge on any atom is 0.289 e. The van der Waals surface area contributed by atoms with E-state index in [2.05, 4.69) is 4.98 Å². The summed E-state index contributed by atoms with van der Waals surface area (Å²) in [4.78, 5) is 29.7. The molecule has 1 N–H and O–H groups in total. The molecule has 136 valence electrons. The van der Waals surface area contributed by atoms with Crippen LogP contribution in [0.4, 0.5) is 0 Å². The van der Waals surface area contributed by atoms with Gasteiger partial charge in [-0.3, -0.25) is 9.59 Å². The van der Waals surface area contributed by atoms with E-state index in [0.29, 0.717) is 18.7 Å². The number of rotatable bonds is 6. The van der Waals surface area contributed by atoms with Crippen LogP contribution in [0.5, 0.6) is 0 Å². The molecule has 0 unspecified atom stereocenters. The first-order chi connectivity index (χ1) is 12.5. The Morgan fingerprint density at radius 2 is 2.08 bits per heavy atom. The maximum absolute atomic E-state index is 12.7. The van der Waals surface area contributed by atoms with Gasteiger partial charge in [0.05, 0.1) is 24.9 Å². The predicted molar refractivity (Wildman–Crippen MR) is 99.4 cm³/mol. The van der Waals surface area contributed by atoms with Gasteiger partial charge in [-0.15, -0.1) is 0 Å². The summed E-state index contributed by atoms with van der Waals surface area (Å²) < 4.78 is 10.3. The van der Waals surface area contributed by atoms with Crippen molar-refractivity contribution < 1.29 is 13.9 Å². The number of methoxy groups -OCH3 is 1. The Kier molecular flexibility index (Phi) is 5.23. The summed E-state index contributed by atoms with van der Waals surface area (Å²) in [5.41, 5.74) is 3.30. The number of carbonyl (C=O) groups excluding carboxylic acids is 1. The highest BCUT2D eigenvalue weighted by Crippen LogP contribution is 2.19. The molecular formula is C20H22N2O4. The van der Waals surface area contributed by atoms with Crippen LogP contribution in [0.1, 0.15) is 27.2 Å². The molecule has 1 aromatic carbocycles. The number of H-pyrrole nitrogens is 1. The first-order valence-electron chi connectivity index (χ1n) is 8.44. The quantitative estimate of drug-likeness (QED) is 0.738. The van der Waals surface area contributed by atoms with E-state index < -0.39 is 0 Å². The summed E-state index contributed by atoms with van der Waals surface area (Å²) in [5.74, 6) is -0.0306. The van der Waals surface area contributed by atoms with Crippen LogP contribution in [0.3, 0.4) is 0 Å². The summed E-state index contributed by atoms with van der Waals surface area (Å²) >= 11 is 0.